The molecule has 0 amide bonds. The van der Waals surface area contributed by atoms with Crippen LogP contribution < -0.4 is 0 Å². The van der Waals surface area contributed by atoms with E-state index in [1.807, 2.05) is 0 Å². The minimum absolute atomic E-state index is 0.478. The summed E-state index contributed by atoms with van der Waals surface area (Å²) >= 11 is 0. The van der Waals surface area contributed by atoms with Gasteiger partial charge in [-0.2, -0.15) is 0 Å². The molecule has 0 saturated heterocycles. The first-order chi connectivity index (χ1) is 6.21. The average molecular weight is 186 g/mol. The third-order valence-corrected chi connectivity index (χ3v) is 3.05. The van der Waals surface area contributed by atoms with E-state index in [2.05, 4.69) is 0 Å². The van der Waals surface area contributed by atoms with Crippen molar-refractivity contribution in [2.45, 2.75) is 38.5 Å². The Kier molecular flexibility index (Phi) is 3.72. The largest absolute Gasteiger partial charge is 0.481 e. The molecule has 1 aliphatic carbocycles. The van der Waals surface area contributed by atoms with Crippen LogP contribution in [0.5, 0.6) is 0 Å². The summed E-state index contributed by atoms with van der Waals surface area (Å²) in [5.74, 6) is -0.635. The second-order valence-corrected chi connectivity index (χ2v) is 3.89. The first-order valence-electron chi connectivity index (χ1n) is 4.94. The van der Waals surface area contributed by atoms with Crippen molar-refractivity contribution < 1.29 is 14.6 Å². The molecule has 0 bridgehead atoms. The van der Waals surface area contributed by atoms with Crippen LogP contribution in [0, 0.1) is 5.41 Å². The summed E-state index contributed by atoms with van der Waals surface area (Å²) in [6, 6.07) is 0. The summed E-state index contributed by atoms with van der Waals surface area (Å²) < 4.78 is 4.96. The normalized spacial score (nSPS) is 21.3. The van der Waals surface area contributed by atoms with Gasteiger partial charge in [0.05, 0.1) is 5.41 Å². The Hall–Kier alpha value is -0.570. The topological polar surface area (TPSA) is 46.5 Å². The van der Waals surface area contributed by atoms with Crippen molar-refractivity contribution in [3.8, 4) is 0 Å². The Morgan fingerprint density at radius 3 is 2.46 bits per heavy atom. The van der Waals surface area contributed by atoms with Gasteiger partial charge in [-0.1, -0.05) is 19.3 Å². The Labute approximate surface area is 79.1 Å². The molecule has 0 radical (unpaired) electrons. The molecule has 76 valence electrons. The van der Waals surface area contributed by atoms with Crippen LogP contribution in [-0.4, -0.2) is 24.8 Å². The van der Waals surface area contributed by atoms with Gasteiger partial charge in [0.15, 0.2) is 0 Å². The van der Waals surface area contributed by atoms with E-state index in [4.69, 9.17) is 9.84 Å². The van der Waals surface area contributed by atoms with Crippen LogP contribution in [-0.2, 0) is 9.53 Å². The van der Waals surface area contributed by atoms with Gasteiger partial charge in [0.25, 0.3) is 0 Å². The predicted molar refractivity (Wildman–Crippen MR) is 49.6 cm³/mol. The van der Waals surface area contributed by atoms with Crippen molar-refractivity contribution in [2.24, 2.45) is 5.41 Å². The molecule has 0 aromatic rings. The fourth-order valence-electron chi connectivity index (χ4n) is 2.10. The molecule has 1 aliphatic rings. The number of rotatable bonds is 4. The molecule has 1 N–H and O–H groups in total. The van der Waals surface area contributed by atoms with E-state index in [0.717, 1.165) is 25.7 Å². The van der Waals surface area contributed by atoms with Crippen LogP contribution in [0.2, 0.25) is 0 Å². The summed E-state index contributed by atoms with van der Waals surface area (Å²) in [7, 11) is 1.62. The third kappa shape index (κ3) is 2.44. The lowest BCUT2D eigenvalue weighted by atomic mass is 9.72. The van der Waals surface area contributed by atoms with Crippen LogP contribution in [0.4, 0.5) is 0 Å². The Bertz CT molecular complexity index is 171. The van der Waals surface area contributed by atoms with Gasteiger partial charge in [0.2, 0.25) is 0 Å². The monoisotopic (exact) mass is 186 g/mol. The number of carboxylic acids is 1. The van der Waals surface area contributed by atoms with E-state index >= 15 is 0 Å². The number of ether oxygens (including phenoxy) is 1. The average Bonchev–Trinajstić information content (AvgIpc) is 2.16. The highest BCUT2D eigenvalue weighted by Crippen LogP contribution is 2.39. The first-order valence-corrected chi connectivity index (χ1v) is 4.94. The molecule has 3 heteroatoms. The SMILES string of the molecule is COCCC1(C(=O)O)CCCCC1. The van der Waals surface area contributed by atoms with Crippen LogP contribution in [0.15, 0.2) is 0 Å². The van der Waals surface area contributed by atoms with Crippen LogP contribution in [0.3, 0.4) is 0 Å². The van der Waals surface area contributed by atoms with Gasteiger partial charge in [-0.25, -0.2) is 0 Å². The molecule has 0 spiro atoms. The summed E-state index contributed by atoms with van der Waals surface area (Å²) in [5, 5.41) is 9.16. The number of methoxy groups -OCH3 is 1. The van der Waals surface area contributed by atoms with Gasteiger partial charge in [0, 0.05) is 13.7 Å². The fourth-order valence-corrected chi connectivity index (χ4v) is 2.10. The van der Waals surface area contributed by atoms with Crippen LogP contribution in [0.1, 0.15) is 38.5 Å². The lowest BCUT2D eigenvalue weighted by Gasteiger charge is -2.32. The first kappa shape index (κ1) is 10.5. The lowest BCUT2D eigenvalue weighted by molar-refractivity contribution is -0.152. The number of hydrogen-bond acceptors (Lipinski definition) is 2. The van der Waals surface area contributed by atoms with E-state index in [0.29, 0.717) is 13.0 Å². The summed E-state index contributed by atoms with van der Waals surface area (Å²) in [6.45, 7) is 0.562. The predicted octanol–water partition coefficient (Wildman–Crippen LogP) is 2.06. The van der Waals surface area contributed by atoms with E-state index in [9.17, 15) is 4.79 Å². The summed E-state index contributed by atoms with van der Waals surface area (Å²) in [5.41, 5.74) is -0.478. The van der Waals surface area contributed by atoms with Gasteiger partial charge < -0.3 is 9.84 Å². The molecular weight excluding hydrogens is 168 g/mol. The van der Waals surface area contributed by atoms with E-state index in [1.165, 1.54) is 6.42 Å². The second kappa shape index (κ2) is 4.61. The maximum absolute atomic E-state index is 11.1. The van der Waals surface area contributed by atoms with Crippen molar-refractivity contribution in [3.63, 3.8) is 0 Å². The molecule has 1 fully saturated rings. The minimum Gasteiger partial charge on any atom is -0.481 e. The Morgan fingerprint density at radius 2 is 2.00 bits per heavy atom. The quantitative estimate of drug-likeness (QED) is 0.731. The molecule has 1 saturated carbocycles. The number of carboxylic acid groups (broad SMARTS) is 1. The highest BCUT2D eigenvalue weighted by molar-refractivity contribution is 5.74. The molecular formula is C10H18O3. The highest BCUT2D eigenvalue weighted by Gasteiger charge is 2.38. The zero-order valence-corrected chi connectivity index (χ0v) is 8.21. The second-order valence-electron chi connectivity index (χ2n) is 3.89. The van der Waals surface area contributed by atoms with Gasteiger partial charge in [0.1, 0.15) is 0 Å². The molecule has 0 atom stereocenters. The highest BCUT2D eigenvalue weighted by atomic mass is 16.5. The lowest BCUT2D eigenvalue weighted by Crippen LogP contribution is -2.34. The number of aliphatic carboxylic acids is 1. The van der Waals surface area contributed by atoms with Gasteiger partial charge in [-0.15, -0.1) is 0 Å². The van der Waals surface area contributed by atoms with Crippen molar-refractivity contribution in [2.75, 3.05) is 13.7 Å². The fraction of sp³-hybridized carbons (Fsp3) is 0.900. The van der Waals surface area contributed by atoms with E-state index in [-0.39, 0.29) is 0 Å². The van der Waals surface area contributed by atoms with Gasteiger partial charge in [-0.05, 0) is 19.3 Å². The molecule has 1 rings (SSSR count). The van der Waals surface area contributed by atoms with Gasteiger partial charge in [-0.3, -0.25) is 4.79 Å². The zero-order chi connectivity index (χ0) is 9.73. The molecule has 0 aliphatic heterocycles. The smallest absolute Gasteiger partial charge is 0.309 e. The van der Waals surface area contributed by atoms with Gasteiger partial charge >= 0.3 is 5.97 Å². The molecule has 0 heterocycles. The van der Waals surface area contributed by atoms with E-state index < -0.39 is 11.4 Å². The van der Waals surface area contributed by atoms with Crippen molar-refractivity contribution in [3.05, 3.63) is 0 Å². The maximum atomic E-state index is 11.1. The van der Waals surface area contributed by atoms with E-state index in [1.54, 1.807) is 7.11 Å². The summed E-state index contributed by atoms with van der Waals surface area (Å²) in [4.78, 5) is 11.1. The standard InChI is InChI=1S/C10H18O3/c1-13-8-7-10(9(11)12)5-3-2-4-6-10/h2-8H2,1H3,(H,11,12). The van der Waals surface area contributed by atoms with Crippen LogP contribution >= 0.6 is 0 Å². The maximum Gasteiger partial charge on any atom is 0.309 e. The number of hydrogen-bond donors (Lipinski definition) is 1. The van der Waals surface area contributed by atoms with Crippen molar-refractivity contribution >= 4 is 5.97 Å². The molecule has 0 aromatic carbocycles. The number of carbonyl (C=O) groups is 1. The molecule has 0 unspecified atom stereocenters. The molecule has 3 nitrogen and oxygen atoms in total. The minimum atomic E-state index is -0.635. The Morgan fingerprint density at radius 1 is 1.38 bits per heavy atom. The zero-order valence-electron chi connectivity index (χ0n) is 8.21. The van der Waals surface area contributed by atoms with Crippen molar-refractivity contribution in [1.29, 1.82) is 0 Å². The molecule has 0 aromatic heterocycles. The third-order valence-electron chi connectivity index (χ3n) is 3.05. The molecule has 13 heavy (non-hydrogen) atoms. The van der Waals surface area contributed by atoms with Crippen LogP contribution in [0.25, 0.3) is 0 Å². The summed E-state index contributed by atoms with van der Waals surface area (Å²) in [6.07, 6.45) is 5.60. The van der Waals surface area contributed by atoms with Crippen molar-refractivity contribution in [1.82, 2.24) is 0 Å². The Balaban J connectivity index is 2.56.